The zero-order valence-corrected chi connectivity index (χ0v) is 11.7. The lowest BCUT2D eigenvalue weighted by Gasteiger charge is -2.43. The van der Waals surface area contributed by atoms with E-state index >= 15 is 0 Å². The van der Waals surface area contributed by atoms with Gasteiger partial charge in [-0.2, -0.15) is 0 Å². The molecular formula is C14H28N2O. The Hall–Kier alpha value is -0.120. The summed E-state index contributed by atoms with van der Waals surface area (Å²) in [6, 6.07) is 0. The van der Waals surface area contributed by atoms with Crippen molar-refractivity contribution in [3.63, 3.8) is 0 Å². The highest BCUT2D eigenvalue weighted by Crippen LogP contribution is 2.31. The third kappa shape index (κ3) is 3.43. The Morgan fingerprint density at radius 2 is 2.06 bits per heavy atom. The van der Waals surface area contributed by atoms with E-state index in [0.29, 0.717) is 11.5 Å². The highest BCUT2D eigenvalue weighted by atomic mass is 16.5. The van der Waals surface area contributed by atoms with Crippen LogP contribution in [0.4, 0.5) is 0 Å². The molecule has 0 amide bonds. The normalized spacial score (nSPS) is 34.8. The molecule has 0 bridgehead atoms. The average Bonchev–Trinajstić information content (AvgIpc) is 2.32. The van der Waals surface area contributed by atoms with Gasteiger partial charge < -0.3 is 15.0 Å². The number of likely N-dealkylation sites (tertiary alicyclic amines) is 1. The van der Waals surface area contributed by atoms with E-state index in [2.05, 4.69) is 24.1 Å². The Morgan fingerprint density at radius 3 is 2.71 bits per heavy atom. The van der Waals surface area contributed by atoms with Gasteiger partial charge in [0.25, 0.3) is 0 Å². The van der Waals surface area contributed by atoms with Gasteiger partial charge in [0.15, 0.2) is 0 Å². The smallest absolute Gasteiger partial charge is 0.0724 e. The second-order valence-electron chi connectivity index (χ2n) is 6.34. The van der Waals surface area contributed by atoms with Crippen LogP contribution < -0.4 is 5.32 Å². The van der Waals surface area contributed by atoms with Crippen LogP contribution in [-0.2, 0) is 4.74 Å². The quantitative estimate of drug-likeness (QED) is 0.813. The number of hydrogen-bond donors (Lipinski definition) is 1. The molecule has 3 nitrogen and oxygen atoms in total. The van der Waals surface area contributed by atoms with Crippen LogP contribution >= 0.6 is 0 Å². The molecule has 0 aromatic rings. The summed E-state index contributed by atoms with van der Waals surface area (Å²) in [5.41, 5.74) is 0.518. The van der Waals surface area contributed by atoms with Gasteiger partial charge in [0.05, 0.1) is 6.10 Å². The van der Waals surface area contributed by atoms with Crippen LogP contribution in [0.5, 0.6) is 0 Å². The van der Waals surface area contributed by atoms with Crippen molar-refractivity contribution in [2.24, 2.45) is 11.3 Å². The maximum Gasteiger partial charge on any atom is 0.0724 e. The number of nitrogens with one attached hydrogen (secondary N) is 1. The molecule has 2 rings (SSSR count). The molecule has 2 aliphatic heterocycles. The van der Waals surface area contributed by atoms with E-state index in [9.17, 15) is 0 Å². The van der Waals surface area contributed by atoms with Crippen LogP contribution in [0.2, 0.25) is 0 Å². The number of methoxy groups -OCH3 is 1. The third-order valence-electron chi connectivity index (χ3n) is 4.69. The van der Waals surface area contributed by atoms with Crippen molar-refractivity contribution < 1.29 is 4.74 Å². The molecule has 0 aromatic heterocycles. The molecule has 3 heteroatoms. The Morgan fingerprint density at radius 1 is 1.35 bits per heavy atom. The molecular weight excluding hydrogens is 212 g/mol. The summed E-state index contributed by atoms with van der Waals surface area (Å²) in [7, 11) is 1.86. The first-order valence-corrected chi connectivity index (χ1v) is 7.09. The molecule has 100 valence electrons. The lowest BCUT2D eigenvalue weighted by atomic mass is 9.80. The van der Waals surface area contributed by atoms with E-state index in [-0.39, 0.29) is 0 Å². The monoisotopic (exact) mass is 240 g/mol. The molecule has 2 fully saturated rings. The van der Waals surface area contributed by atoms with Crippen LogP contribution in [0.25, 0.3) is 0 Å². The Labute approximate surface area is 106 Å². The molecule has 2 atom stereocenters. The fourth-order valence-corrected chi connectivity index (χ4v) is 3.28. The van der Waals surface area contributed by atoms with Gasteiger partial charge in [0, 0.05) is 20.2 Å². The zero-order chi connectivity index (χ0) is 12.3. The molecule has 2 unspecified atom stereocenters. The molecule has 2 saturated heterocycles. The summed E-state index contributed by atoms with van der Waals surface area (Å²) in [6.45, 7) is 10.8. The molecule has 2 heterocycles. The molecule has 17 heavy (non-hydrogen) atoms. The van der Waals surface area contributed by atoms with Crippen LogP contribution in [0.3, 0.4) is 0 Å². The van der Waals surface area contributed by atoms with E-state index in [1.54, 1.807) is 0 Å². The minimum atomic E-state index is 0.439. The van der Waals surface area contributed by atoms with Crippen molar-refractivity contribution in [3.05, 3.63) is 0 Å². The minimum Gasteiger partial charge on any atom is -0.380 e. The average molecular weight is 240 g/mol. The van der Waals surface area contributed by atoms with Gasteiger partial charge in [-0.3, -0.25) is 0 Å². The number of ether oxygens (including phenoxy) is 1. The van der Waals surface area contributed by atoms with Gasteiger partial charge >= 0.3 is 0 Å². The highest BCUT2D eigenvalue weighted by molar-refractivity contribution is 4.87. The van der Waals surface area contributed by atoms with Crippen LogP contribution in [0.1, 0.15) is 33.1 Å². The second-order valence-corrected chi connectivity index (χ2v) is 6.34. The van der Waals surface area contributed by atoms with E-state index < -0.39 is 0 Å². The predicted octanol–water partition coefficient (Wildman–Crippen LogP) is 1.73. The highest BCUT2D eigenvalue weighted by Gasteiger charge is 2.32. The van der Waals surface area contributed by atoms with Gasteiger partial charge in [0.1, 0.15) is 0 Å². The standard InChI is InChI=1S/C14H28N2O/c1-12-4-9-16(10-13(12)17-3)11-14(2)5-7-15-8-6-14/h12-13,15H,4-11H2,1-3H3. The van der Waals surface area contributed by atoms with Gasteiger partial charge in [-0.05, 0) is 50.2 Å². The Balaban J connectivity index is 1.86. The van der Waals surface area contributed by atoms with Crippen molar-refractivity contribution >= 4 is 0 Å². The van der Waals surface area contributed by atoms with Crippen molar-refractivity contribution in [1.29, 1.82) is 0 Å². The van der Waals surface area contributed by atoms with E-state index in [0.717, 1.165) is 12.5 Å². The van der Waals surface area contributed by atoms with Gasteiger partial charge in [-0.15, -0.1) is 0 Å². The van der Waals surface area contributed by atoms with E-state index in [1.165, 1.54) is 45.4 Å². The largest absolute Gasteiger partial charge is 0.380 e. The van der Waals surface area contributed by atoms with Crippen LogP contribution in [-0.4, -0.2) is 50.8 Å². The summed E-state index contributed by atoms with van der Waals surface area (Å²) < 4.78 is 5.60. The topological polar surface area (TPSA) is 24.5 Å². The lowest BCUT2D eigenvalue weighted by Crippen LogP contribution is -2.49. The maximum atomic E-state index is 5.60. The zero-order valence-electron chi connectivity index (χ0n) is 11.7. The Bertz CT molecular complexity index is 238. The predicted molar refractivity (Wildman–Crippen MR) is 71.2 cm³/mol. The van der Waals surface area contributed by atoms with Crippen molar-refractivity contribution in [2.45, 2.75) is 39.2 Å². The number of nitrogens with zero attached hydrogens (tertiary/aromatic N) is 1. The molecule has 1 N–H and O–H groups in total. The van der Waals surface area contributed by atoms with Crippen molar-refractivity contribution in [3.8, 4) is 0 Å². The summed E-state index contributed by atoms with van der Waals surface area (Å²) in [6.07, 6.45) is 4.36. The first kappa shape index (κ1) is 13.3. The Kier molecular flexibility index (Phi) is 4.45. The summed E-state index contributed by atoms with van der Waals surface area (Å²) in [5.74, 6) is 0.720. The molecule has 0 saturated carbocycles. The summed E-state index contributed by atoms with van der Waals surface area (Å²) in [4.78, 5) is 2.62. The lowest BCUT2D eigenvalue weighted by molar-refractivity contribution is -0.0195. The molecule has 0 aliphatic carbocycles. The van der Waals surface area contributed by atoms with E-state index in [1.807, 2.05) is 7.11 Å². The summed E-state index contributed by atoms with van der Waals surface area (Å²) >= 11 is 0. The third-order valence-corrected chi connectivity index (χ3v) is 4.69. The van der Waals surface area contributed by atoms with E-state index in [4.69, 9.17) is 4.74 Å². The first-order valence-electron chi connectivity index (χ1n) is 7.09. The van der Waals surface area contributed by atoms with Gasteiger partial charge in [-0.1, -0.05) is 13.8 Å². The fraction of sp³-hybridized carbons (Fsp3) is 1.00. The van der Waals surface area contributed by atoms with Gasteiger partial charge in [-0.25, -0.2) is 0 Å². The minimum absolute atomic E-state index is 0.439. The molecule has 0 spiro atoms. The van der Waals surface area contributed by atoms with Crippen molar-refractivity contribution in [1.82, 2.24) is 10.2 Å². The SMILES string of the molecule is COC1CN(CC2(C)CCNCC2)CCC1C. The van der Waals surface area contributed by atoms with Crippen LogP contribution in [0.15, 0.2) is 0 Å². The van der Waals surface area contributed by atoms with Crippen LogP contribution in [0, 0.1) is 11.3 Å². The summed E-state index contributed by atoms with van der Waals surface area (Å²) in [5, 5.41) is 3.46. The van der Waals surface area contributed by atoms with Crippen molar-refractivity contribution in [2.75, 3.05) is 39.8 Å². The van der Waals surface area contributed by atoms with Gasteiger partial charge in [0.2, 0.25) is 0 Å². The molecule has 0 aromatic carbocycles. The fourth-order valence-electron chi connectivity index (χ4n) is 3.28. The number of piperidine rings is 2. The molecule has 2 aliphatic rings. The maximum absolute atomic E-state index is 5.60. The number of hydrogen-bond acceptors (Lipinski definition) is 3. The first-order chi connectivity index (χ1) is 8.13. The second kappa shape index (κ2) is 5.68. The molecule has 0 radical (unpaired) electrons. The number of rotatable bonds is 3.